The van der Waals surface area contributed by atoms with Gasteiger partial charge in [-0.25, -0.2) is 0 Å². The number of aryl methyl sites for hydroxylation is 1. The van der Waals surface area contributed by atoms with Gasteiger partial charge in [0.2, 0.25) is 0 Å². The fourth-order valence-corrected chi connectivity index (χ4v) is 1.44. The van der Waals surface area contributed by atoms with Crippen molar-refractivity contribution >= 4 is 0 Å². The predicted octanol–water partition coefficient (Wildman–Crippen LogP) is 0.187. The monoisotopic (exact) mass is 153 g/mol. The molecular formula is C7H11N3O. The quantitative estimate of drug-likeness (QED) is 0.626. The van der Waals surface area contributed by atoms with Crippen LogP contribution in [-0.2, 0) is 12.6 Å². The van der Waals surface area contributed by atoms with E-state index in [1.165, 1.54) is 0 Å². The molecule has 0 amide bonds. The number of hydrogen-bond donors (Lipinski definition) is 1. The Morgan fingerprint density at radius 1 is 1.64 bits per heavy atom. The Bertz CT molecular complexity index is 264. The van der Waals surface area contributed by atoms with Crippen molar-refractivity contribution in [2.75, 3.05) is 0 Å². The molecule has 4 nitrogen and oxygen atoms in total. The molecule has 1 fully saturated rings. The van der Waals surface area contributed by atoms with E-state index >= 15 is 0 Å². The molecule has 0 bridgehead atoms. The molecule has 1 N–H and O–H groups in total. The summed E-state index contributed by atoms with van der Waals surface area (Å²) in [6, 6.07) is 0. The minimum atomic E-state index is -0.675. The van der Waals surface area contributed by atoms with Crippen LogP contribution in [-0.4, -0.2) is 19.9 Å². The Labute approximate surface area is 64.9 Å². The third-order valence-corrected chi connectivity index (χ3v) is 2.31. The first-order valence-electron chi connectivity index (χ1n) is 3.79. The second-order valence-electron chi connectivity index (χ2n) is 3.15. The van der Waals surface area contributed by atoms with Gasteiger partial charge >= 0.3 is 0 Å². The van der Waals surface area contributed by atoms with Crippen LogP contribution in [0.25, 0.3) is 0 Å². The van der Waals surface area contributed by atoms with Crippen molar-refractivity contribution in [1.82, 2.24) is 14.8 Å². The SMILES string of the molecule is Cn1cnnc1C1(O)CCC1. The van der Waals surface area contributed by atoms with Crippen LogP contribution in [0.15, 0.2) is 6.33 Å². The number of nitrogens with zero attached hydrogens (tertiary/aromatic N) is 3. The summed E-state index contributed by atoms with van der Waals surface area (Å²) in [4.78, 5) is 0. The van der Waals surface area contributed by atoms with Gasteiger partial charge in [-0.15, -0.1) is 10.2 Å². The van der Waals surface area contributed by atoms with Gasteiger partial charge in [0.1, 0.15) is 11.9 Å². The van der Waals surface area contributed by atoms with Crippen LogP contribution in [0.5, 0.6) is 0 Å². The Morgan fingerprint density at radius 3 is 2.73 bits per heavy atom. The van der Waals surface area contributed by atoms with Gasteiger partial charge in [-0.05, 0) is 19.3 Å². The average Bonchev–Trinajstić information content (AvgIpc) is 2.30. The third kappa shape index (κ3) is 0.860. The average molecular weight is 153 g/mol. The van der Waals surface area contributed by atoms with E-state index in [1.54, 1.807) is 10.9 Å². The van der Waals surface area contributed by atoms with Gasteiger partial charge < -0.3 is 9.67 Å². The van der Waals surface area contributed by atoms with Crippen LogP contribution in [0.3, 0.4) is 0 Å². The summed E-state index contributed by atoms with van der Waals surface area (Å²) in [5.41, 5.74) is -0.675. The molecule has 0 aliphatic heterocycles. The van der Waals surface area contributed by atoms with Crippen molar-refractivity contribution in [3.63, 3.8) is 0 Å². The summed E-state index contributed by atoms with van der Waals surface area (Å²) >= 11 is 0. The molecule has 4 heteroatoms. The summed E-state index contributed by atoms with van der Waals surface area (Å²) < 4.78 is 1.78. The topological polar surface area (TPSA) is 50.9 Å². The maximum atomic E-state index is 9.83. The first kappa shape index (κ1) is 6.79. The van der Waals surface area contributed by atoms with Crippen molar-refractivity contribution in [3.8, 4) is 0 Å². The van der Waals surface area contributed by atoms with E-state index in [2.05, 4.69) is 10.2 Å². The van der Waals surface area contributed by atoms with E-state index in [4.69, 9.17) is 0 Å². The van der Waals surface area contributed by atoms with E-state index < -0.39 is 5.60 Å². The highest BCUT2D eigenvalue weighted by Crippen LogP contribution is 2.39. The molecule has 1 aromatic rings. The van der Waals surface area contributed by atoms with Crippen LogP contribution in [0.4, 0.5) is 0 Å². The van der Waals surface area contributed by atoms with Crippen LogP contribution in [0.2, 0.25) is 0 Å². The lowest BCUT2D eigenvalue weighted by atomic mass is 9.79. The normalized spacial score (nSPS) is 21.3. The van der Waals surface area contributed by atoms with E-state index in [0.29, 0.717) is 5.82 Å². The summed E-state index contributed by atoms with van der Waals surface area (Å²) in [6.07, 6.45) is 4.34. The fourth-order valence-electron chi connectivity index (χ4n) is 1.44. The summed E-state index contributed by atoms with van der Waals surface area (Å²) in [7, 11) is 1.85. The molecule has 0 unspecified atom stereocenters. The summed E-state index contributed by atoms with van der Waals surface area (Å²) in [5.74, 6) is 0.698. The van der Waals surface area contributed by atoms with Crippen molar-refractivity contribution in [3.05, 3.63) is 12.2 Å². The molecule has 0 spiro atoms. The maximum Gasteiger partial charge on any atom is 0.164 e. The lowest BCUT2D eigenvalue weighted by Crippen LogP contribution is -2.36. The summed E-state index contributed by atoms with van der Waals surface area (Å²) in [5, 5.41) is 17.4. The minimum absolute atomic E-state index is 0.675. The molecule has 0 radical (unpaired) electrons. The zero-order chi connectivity index (χ0) is 7.90. The molecule has 60 valence electrons. The van der Waals surface area contributed by atoms with Gasteiger partial charge in [0, 0.05) is 7.05 Å². The Kier molecular flexibility index (Phi) is 1.26. The molecule has 0 atom stereocenters. The molecular weight excluding hydrogens is 142 g/mol. The van der Waals surface area contributed by atoms with Crippen LogP contribution in [0, 0.1) is 0 Å². The molecule has 1 heterocycles. The Hall–Kier alpha value is -0.900. The first-order valence-corrected chi connectivity index (χ1v) is 3.79. The van der Waals surface area contributed by atoms with Crippen LogP contribution in [0.1, 0.15) is 25.1 Å². The largest absolute Gasteiger partial charge is 0.382 e. The van der Waals surface area contributed by atoms with Gasteiger partial charge in [0.15, 0.2) is 5.82 Å². The number of rotatable bonds is 1. The minimum Gasteiger partial charge on any atom is -0.382 e. The van der Waals surface area contributed by atoms with Crippen molar-refractivity contribution in [1.29, 1.82) is 0 Å². The van der Waals surface area contributed by atoms with E-state index in [1.807, 2.05) is 7.05 Å². The second-order valence-corrected chi connectivity index (χ2v) is 3.15. The molecule has 0 saturated heterocycles. The predicted molar refractivity (Wildman–Crippen MR) is 38.8 cm³/mol. The zero-order valence-corrected chi connectivity index (χ0v) is 6.49. The van der Waals surface area contributed by atoms with Gasteiger partial charge in [-0.1, -0.05) is 0 Å². The first-order chi connectivity index (χ1) is 5.22. The lowest BCUT2D eigenvalue weighted by Gasteiger charge is -2.34. The molecule has 11 heavy (non-hydrogen) atoms. The second kappa shape index (κ2) is 2.04. The van der Waals surface area contributed by atoms with E-state index in [9.17, 15) is 5.11 Å². The fraction of sp³-hybridized carbons (Fsp3) is 0.714. The van der Waals surface area contributed by atoms with Gasteiger partial charge in [0.25, 0.3) is 0 Å². The number of aliphatic hydroxyl groups is 1. The summed E-state index contributed by atoms with van der Waals surface area (Å²) in [6.45, 7) is 0. The third-order valence-electron chi connectivity index (χ3n) is 2.31. The molecule has 1 aliphatic rings. The molecule has 1 aliphatic carbocycles. The number of aromatic nitrogens is 3. The highest BCUT2D eigenvalue weighted by molar-refractivity contribution is 5.05. The van der Waals surface area contributed by atoms with Crippen molar-refractivity contribution in [2.24, 2.45) is 7.05 Å². The highest BCUT2D eigenvalue weighted by atomic mass is 16.3. The maximum absolute atomic E-state index is 9.83. The lowest BCUT2D eigenvalue weighted by molar-refractivity contribution is -0.0491. The zero-order valence-electron chi connectivity index (χ0n) is 6.49. The standard InChI is InChI=1S/C7H11N3O/c1-10-5-8-9-6(10)7(11)3-2-4-7/h5,11H,2-4H2,1H3. The Balaban J connectivity index is 2.35. The van der Waals surface area contributed by atoms with Gasteiger partial charge in [0.05, 0.1) is 0 Å². The molecule has 1 aromatic heterocycles. The van der Waals surface area contributed by atoms with Crippen LogP contribution < -0.4 is 0 Å². The molecule has 0 aromatic carbocycles. The van der Waals surface area contributed by atoms with Crippen molar-refractivity contribution < 1.29 is 5.11 Å². The smallest absolute Gasteiger partial charge is 0.164 e. The molecule has 2 rings (SSSR count). The van der Waals surface area contributed by atoms with E-state index in [-0.39, 0.29) is 0 Å². The Morgan fingerprint density at radius 2 is 2.36 bits per heavy atom. The van der Waals surface area contributed by atoms with E-state index in [0.717, 1.165) is 19.3 Å². The highest BCUT2D eigenvalue weighted by Gasteiger charge is 2.39. The van der Waals surface area contributed by atoms with Gasteiger partial charge in [-0.2, -0.15) is 0 Å². The van der Waals surface area contributed by atoms with Crippen molar-refractivity contribution in [2.45, 2.75) is 24.9 Å². The van der Waals surface area contributed by atoms with Crippen LogP contribution >= 0.6 is 0 Å². The van der Waals surface area contributed by atoms with Gasteiger partial charge in [-0.3, -0.25) is 0 Å². The number of hydrogen-bond acceptors (Lipinski definition) is 3. The molecule has 1 saturated carbocycles.